The molecule has 4 heteroatoms. The van der Waals surface area contributed by atoms with Crippen LogP contribution in [0.2, 0.25) is 0 Å². The Kier molecular flexibility index (Phi) is 8.60. The molecule has 0 saturated heterocycles. The van der Waals surface area contributed by atoms with Crippen molar-refractivity contribution in [2.75, 3.05) is 6.79 Å². The maximum absolute atomic E-state index is 13.1. The van der Waals surface area contributed by atoms with Gasteiger partial charge < -0.3 is 14.8 Å². The zero-order valence-electron chi connectivity index (χ0n) is 20.4. The van der Waals surface area contributed by atoms with Gasteiger partial charge in [-0.1, -0.05) is 84.2 Å². The van der Waals surface area contributed by atoms with Gasteiger partial charge in [-0.25, -0.2) is 0 Å². The molecule has 1 heterocycles. The second kappa shape index (κ2) is 11.4. The van der Waals surface area contributed by atoms with Gasteiger partial charge in [0.1, 0.15) is 0 Å². The largest absolute Gasteiger partial charge is 0.454 e. The summed E-state index contributed by atoms with van der Waals surface area (Å²) in [7, 11) is 0. The summed E-state index contributed by atoms with van der Waals surface area (Å²) in [6.07, 6.45) is 4.87. The summed E-state index contributed by atoms with van der Waals surface area (Å²) in [6, 6.07) is 12.5. The highest BCUT2D eigenvalue weighted by molar-refractivity contribution is 5.77. The molecule has 1 amide bonds. The van der Waals surface area contributed by atoms with E-state index in [1.165, 1.54) is 23.1 Å². The van der Waals surface area contributed by atoms with Crippen molar-refractivity contribution >= 4 is 5.91 Å². The number of ether oxygens (including phenoxy) is 2. The van der Waals surface area contributed by atoms with E-state index in [9.17, 15) is 4.79 Å². The van der Waals surface area contributed by atoms with Gasteiger partial charge in [-0.2, -0.15) is 0 Å². The summed E-state index contributed by atoms with van der Waals surface area (Å²) in [5.74, 6) is 2.67. The molecule has 0 saturated carbocycles. The lowest BCUT2D eigenvalue weighted by molar-refractivity contribution is -0.121. The van der Waals surface area contributed by atoms with Crippen LogP contribution in [0.25, 0.3) is 0 Å². The summed E-state index contributed by atoms with van der Waals surface area (Å²) < 4.78 is 11.3. The third kappa shape index (κ3) is 5.85. The smallest absolute Gasteiger partial charge is 0.231 e. The molecule has 0 spiro atoms. The van der Waals surface area contributed by atoms with Gasteiger partial charge in [-0.15, -0.1) is 0 Å². The Morgan fingerprint density at radius 2 is 1.59 bits per heavy atom. The van der Waals surface area contributed by atoms with E-state index in [0.717, 1.165) is 36.3 Å². The van der Waals surface area contributed by atoms with Crippen LogP contribution in [0.5, 0.6) is 11.5 Å². The lowest BCUT2D eigenvalue weighted by Crippen LogP contribution is -2.26. The van der Waals surface area contributed by atoms with E-state index in [1.54, 1.807) is 0 Å². The topological polar surface area (TPSA) is 47.6 Å². The maximum atomic E-state index is 13.1. The summed E-state index contributed by atoms with van der Waals surface area (Å²) in [5, 5.41) is 3.24. The molecule has 0 radical (unpaired) electrons. The van der Waals surface area contributed by atoms with Crippen LogP contribution in [-0.2, 0) is 11.3 Å². The first-order chi connectivity index (χ1) is 15.4. The Bertz CT molecular complexity index is 877. The lowest BCUT2D eigenvalue weighted by Gasteiger charge is -2.22. The minimum Gasteiger partial charge on any atom is -0.454 e. The molecule has 0 bridgehead atoms. The number of carbonyl (C=O) groups excluding carboxylic acids is 1. The standard InChI is InChI=1S/C28H39NO3/c1-6-7-8-11-21(24-14-10-15-26-28(24)32-18-31-26)16-27(30)29-17-25-22(19(2)3)12-9-13-23(25)20(4)5/h9-10,12-15,19-21H,6-8,11,16-18H2,1-5H3,(H,29,30)/t21-/m1/s1. The number of fused-ring (bicyclic) bond motifs is 1. The number of amides is 1. The molecule has 4 nitrogen and oxygen atoms in total. The molecule has 0 fully saturated rings. The first-order valence-corrected chi connectivity index (χ1v) is 12.2. The Labute approximate surface area is 193 Å². The summed E-state index contributed by atoms with van der Waals surface area (Å²) in [4.78, 5) is 13.1. The number of hydrogen-bond acceptors (Lipinski definition) is 3. The lowest BCUT2D eigenvalue weighted by atomic mass is 9.88. The second-order valence-electron chi connectivity index (χ2n) is 9.48. The summed E-state index contributed by atoms with van der Waals surface area (Å²) >= 11 is 0. The third-order valence-electron chi connectivity index (χ3n) is 6.41. The van der Waals surface area contributed by atoms with Gasteiger partial charge >= 0.3 is 0 Å². The first kappa shape index (κ1) is 24.2. The minimum atomic E-state index is 0.0938. The highest BCUT2D eigenvalue weighted by Crippen LogP contribution is 2.41. The van der Waals surface area contributed by atoms with Gasteiger partial charge in [-0.3, -0.25) is 4.79 Å². The Morgan fingerprint density at radius 3 is 2.25 bits per heavy atom. The molecule has 32 heavy (non-hydrogen) atoms. The van der Waals surface area contributed by atoms with Gasteiger partial charge in [0, 0.05) is 18.5 Å². The van der Waals surface area contributed by atoms with E-state index in [4.69, 9.17) is 9.47 Å². The normalized spacial score (nSPS) is 13.6. The molecule has 0 aromatic heterocycles. The van der Waals surface area contributed by atoms with Crippen LogP contribution in [0, 0.1) is 0 Å². The number of rotatable bonds is 11. The highest BCUT2D eigenvalue weighted by atomic mass is 16.7. The quantitative estimate of drug-likeness (QED) is 0.384. The van der Waals surface area contributed by atoms with Crippen LogP contribution in [-0.4, -0.2) is 12.7 Å². The Balaban J connectivity index is 1.75. The molecule has 2 aromatic rings. The Hall–Kier alpha value is -2.49. The fourth-order valence-corrected chi connectivity index (χ4v) is 4.67. The number of benzene rings is 2. The van der Waals surface area contributed by atoms with Crippen molar-refractivity contribution in [3.63, 3.8) is 0 Å². The first-order valence-electron chi connectivity index (χ1n) is 12.2. The van der Waals surface area contributed by atoms with Gasteiger partial charge in [0.2, 0.25) is 12.7 Å². The third-order valence-corrected chi connectivity index (χ3v) is 6.41. The fraction of sp³-hybridized carbons (Fsp3) is 0.536. The summed E-state index contributed by atoms with van der Waals surface area (Å²) in [5.41, 5.74) is 5.01. The average molecular weight is 438 g/mol. The van der Waals surface area contributed by atoms with E-state index >= 15 is 0 Å². The molecule has 0 aliphatic carbocycles. The van der Waals surface area contributed by atoms with Crippen LogP contribution in [0.3, 0.4) is 0 Å². The van der Waals surface area contributed by atoms with Gasteiger partial charge in [0.15, 0.2) is 11.5 Å². The van der Waals surface area contributed by atoms with Crippen LogP contribution >= 0.6 is 0 Å². The predicted molar refractivity (Wildman–Crippen MR) is 131 cm³/mol. The molecular weight excluding hydrogens is 398 g/mol. The molecule has 1 aliphatic heterocycles. The van der Waals surface area contributed by atoms with Crippen molar-refractivity contribution in [2.24, 2.45) is 0 Å². The summed E-state index contributed by atoms with van der Waals surface area (Å²) in [6.45, 7) is 11.9. The molecule has 1 atom stereocenters. The van der Waals surface area contributed by atoms with Crippen LogP contribution < -0.4 is 14.8 Å². The van der Waals surface area contributed by atoms with Crippen LogP contribution in [0.1, 0.15) is 107 Å². The van der Waals surface area contributed by atoms with Crippen LogP contribution in [0.4, 0.5) is 0 Å². The minimum absolute atomic E-state index is 0.0938. The number of nitrogens with one attached hydrogen (secondary N) is 1. The molecule has 174 valence electrons. The molecule has 1 N–H and O–H groups in total. The van der Waals surface area contributed by atoms with Gasteiger partial charge in [-0.05, 0) is 46.9 Å². The van der Waals surface area contributed by atoms with Crippen molar-refractivity contribution in [3.8, 4) is 11.5 Å². The highest BCUT2D eigenvalue weighted by Gasteiger charge is 2.25. The van der Waals surface area contributed by atoms with Crippen molar-refractivity contribution in [2.45, 2.75) is 91.0 Å². The van der Waals surface area contributed by atoms with Crippen molar-refractivity contribution in [3.05, 3.63) is 58.7 Å². The molecule has 2 aromatic carbocycles. The van der Waals surface area contributed by atoms with E-state index in [0.29, 0.717) is 24.8 Å². The van der Waals surface area contributed by atoms with Crippen molar-refractivity contribution in [1.29, 1.82) is 0 Å². The van der Waals surface area contributed by atoms with Gasteiger partial charge in [0.25, 0.3) is 0 Å². The Morgan fingerprint density at radius 1 is 0.938 bits per heavy atom. The number of hydrogen-bond donors (Lipinski definition) is 1. The second-order valence-corrected chi connectivity index (χ2v) is 9.48. The zero-order chi connectivity index (χ0) is 23.1. The number of carbonyl (C=O) groups is 1. The predicted octanol–water partition coefficient (Wildman–Crippen LogP) is 7.03. The van der Waals surface area contributed by atoms with Crippen LogP contribution in [0.15, 0.2) is 36.4 Å². The average Bonchev–Trinajstić information content (AvgIpc) is 3.25. The number of unbranched alkanes of at least 4 members (excludes halogenated alkanes) is 2. The van der Waals surface area contributed by atoms with Crippen molar-refractivity contribution < 1.29 is 14.3 Å². The molecule has 1 aliphatic rings. The SMILES string of the molecule is CCCCC[C@H](CC(=O)NCc1c(C(C)C)cccc1C(C)C)c1cccc2c1OCO2. The van der Waals surface area contributed by atoms with E-state index in [1.807, 2.05) is 12.1 Å². The van der Waals surface area contributed by atoms with Gasteiger partial charge in [0.05, 0.1) is 0 Å². The number of para-hydroxylation sites is 1. The van der Waals surface area contributed by atoms with E-state index < -0.39 is 0 Å². The monoisotopic (exact) mass is 437 g/mol. The molecular formula is C28H39NO3. The van der Waals surface area contributed by atoms with Crippen molar-refractivity contribution in [1.82, 2.24) is 5.32 Å². The zero-order valence-corrected chi connectivity index (χ0v) is 20.4. The van der Waals surface area contributed by atoms with E-state index in [-0.39, 0.29) is 18.6 Å². The maximum Gasteiger partial charge on any atom is 0.231 e. The molecule has 3 rings (SSSR count). The molecule has 0 unspecified atom stereocenters. The van der Waals surface area contributed by atoms with E-state index in [2.05, 4.69) is 64.2 Å². The fourth-order valence-electron chi connectivity index (χ4n) is 4.67.